The Hall–Kier alpha value is -12.0. The molecule has 3 aromatic carbocycles. The lowest BCUT2D eigenvalue weighted by atomic mass is 10.2. The van der Waals surface area contributed by atoms with E-state index in [-0.39, 0.29) is 96.1 Å². The van der Waals surface area contributed by atoms with Gasteiger partial charge in [-0.2, -0.15) is 25.3 Å². The first kappa shape index (κ1) is 71.4. The highest BCUT2D eigenvalue weighted by molar-refractivity contribution is 6.35. The summed E-state index contributed by atoms with van der Waals surface area (Å²) in [7, 11) is 0. The fourth-order valence-corrected chi connectivity index (χ4v) is 14.2. The van der Waals surface area contributed by atoms with Crippen molar-refractivity contribution in [2.75, 3.05) is 35.2 Å². The Bertz CT molecular complexity index is 5930. The van der Waals surface area contributed by atoms with E-state index in [1.165, 1.54) is 28.0 Å². The summed E-state index contributed by atoms with van der Waals surface area (Å²) in [6.07, 6.45) is 14.1. The van der Waals surface area contributed by atoms with E-state index in [0.717, 1.165) is 50.2 Å². The maximum absolute atomic E-state index is 13.7. The zero-order chi connectivity index (χ0) is 71.3. The number of aryl methyl sites for hydroxylation is 2. The van der Waals surface area contributed by atoms with Crippen molar-refractivity contribution in [2.24, 2.45) is 0 Å². The number of H-pyrrole nitrogens is 3. The van der Waals surface area contributed by atoms with Crippen LogP contribution in [0, 0.1) is 13.8 Å². The SMILES string of the molecule is Cc1nc(Cl)c2c(=O)[nH]cnc2n1.Cc1nc(N2CCC[C@H]2c2nn3ccc(Cl)c3c(=O)n2-c2ccccc2)c2c(=O)[nH]cnc2n1.N.Nc1nc(N2CCC[C@H]2c2nn3ccc(Cl)c3c(=O)n2-c2ccccc2)c2c(=O)[nH]cnc2n1.O.O=c1c2c(Cl)ccn2nc([C@@H]2CCCN2)n1-c1ccccc1. The number of benzene rings is 3. The van der Waals surface area contributed by atoms with E-state index in [2.05, 4.69) is 70.2 Å². The molecule has 12 aromatic heterocycles. The molecule has 3 saturated heterocycles. The molecule has 18 rings (SSSR count). The average molecular weight is 1500 g/mol. The number of anilines is 3. The van der Waals surface area contributed by atoms with Gasteiger partial charge in [0.1, 0.15) is 61.1 Å². The molecule has 3 fully saturated rings. The van der Waals surface area contributed by atoms with E-state index < -0.39 is 0 Å². The Morgan fingerprint density at radius 2 is 0.829 bits per heavy atom. The summed E-state index contributed by atoms with van der Waals surface area (Å²) in [6, 6.07) is 32.6. The van der Waals surface area contributed by atoms with Crippen LogP contribution in [-0.4, -0.2) is 127 Å². The van der Waals surface area contributed by atoms with E-state index in [1.54, 1.807) is 68.9 Å². The second-order valence-corrected chi connectivity index (χ2v) is 25.7. The fraction of sp³-hybridized carbons (Fsp3) is 0.206. The van der Waals surface area contributed by atoms with Crippen molar-refractivity contribution < 1.29 is 5.48 Å². The van der Waals surface area contributed by atoms with Crippen LogP contribution in [0.15, 0.2) is 176 Å². The van der Waals surface area contributed by atoms with Gasteiger partial charge >= 0.3 is 0 Å². The molecule has 37 heteroatoms. The molecule has 0 bridgehead atoms. The van der Waals surface area contributed by atoms with Gasteiger partial charge in [0.15, 0.2) is 34.4 Å². The van der Waals surface area contributed by atoms with Crippen LogP contribution in [0.5, 0.6) is 0 Å². The van der Waals surface area contributed by atoms with Crippen LogP contribution < -0.4 is 60.4 Å². The van der Waals surface area contributed by atoms with Crippen molar-refractivity contribution in [3.63, 3.8) is 0 Å². The van der Waals surface area contributed by atoms with Crippen molar-refractivity contribution in [3.8, 4) is 17.1 Å². The zero-order valence-electron chi connectivity index (χ0n) is 55.6. The molecule has 15 heterocycles. The van der Waals surface area contributed by atoms with Gasteiger partial charge in [-0.3, -0.25) is 42.5 Å². The molecular weight excluding hydrogens is 1430 g/mol. The van der Waals surface area contributed by atoms with Crippen LogP contribution >= 0.6 is 46.4 Å². The minimum atomic E-state index is -0.369. The zero-order valence-corrected chi connectivity index (χ0v) is 58.7. The smallest absolute Gasteiger partial charge is 0.284 e. The second kappa shape index (κ2) is 29.8. The van der Waals surface area contributed by atoms with Gasteiger partial charge in [-0.05, 0) is 114 Å². The maximum atomic E-state index is 13.7. The molecule has 0 aliphatic carbocycles. The van der Waals surface area contributed by atoms with Crippen molar-refractivity contribution in [3.05, 3.63) is 258 Å². The Morgan fingerprint density at radius 1 is 0.448 bits per heavy atom. The number of nitrogens with one attached hydrogen (secondary N) is 4. The molecule has 105 heavy (non-hydrogen) atoms. The quantitative estimate of drug-likeness (QED) is 0.0802. The predicted octanol–water partition coefficient (Wildman–Crippen LogP) is 7.48. The number of aromatic amines is 3. The summed E-state index contributed by atoms with van der Waals surface area (Å²) in [5.41, 5.74) is 8.28. The largest absolute Gasteiger partial charge is 0.412 e. The topological polar surface area (TPSA) is 444 Å². The number of hydrogen-bond donors (Lipinski definition) is 6. The third-order valence-electron chi connectivity index (χ3n) is 17.7. The van der Waals surface area contributed by atoms with Crippen LogP contribution in [0.4, 0.5) is 17.6 Å². The highest BCUT2D eigenvalue weighted by Crippen LogP contribution is 2.39. The summed E-state index contributed by atoms with van der Waals surface area (Å²) in [6.45, 7) is 5.62. The third kappa shape index (κ3) is 13.4. The van der Waals surface area contributed by atoms with Crippen molar-refractivity contribution in [1.29, 1.82) is 0 Å². The standard InChI is InChI=1S/C23H19ClN8O2.C22H18ClN9O2.C16H15ClN4O.C7H5ClN4O.H3N.H2O/c1-13-27-19-17(22(33)26-12-25-19)21(28-13)30-10-5-8-16(30)20-29-31-11-9-15(24)18(31)23(34)32(20)14-6-3-2-4-7-14;23-13-8-10-31-16(13)21(34)32(12-5-2-1-3-6-12)18(29-31)14-7-4-9-30(14)19-15-17(27-22(24)28-19)25-11-26-20(15)33;17-12-8-10-20-14(12)16(22)21(11-5-2-1-3-6-11)15(19-20)13-7-4-9-18-13;1-3-11-5(8)4-6(12-3)9-2-10-7(4)13;;/h2-4,6-7,9,11-12,16H,5,8,10H2,1H3,(H,25,26,27,28,33);1-3,5-6,8,10-11,14H,4,7,9H2,(H3,24,25,26,27,28,33);1-3,5-6,8,10,13,18H,4,7,9H2;2H,1H3,(H,9,10,11,12,13);1H3;1H2/t16-;14-;13-;;;/m000.../s1. The third-order valence-corrected chi connectivity index (χ3v) is 18.9. The van der Waals surface area contributed by atoms with Gasteiger partial charge in [0, 0.05) is 31.7 Å². The first-order chi connectivity index (χ1) is 50.0. The Morgan fingerprint density at radius 3 is 1.26 bits per heavy atom. The van der Waals surface area contributed by atoms with Gasteiger partial charge in [-0.1, -0.05) is 101 Å². The van der Waals surface area contributed by atoms with Crippen LogP contribution in [0.2, 0.25) is 20.2 Å². The number of nitrogens with two attached hydrogens (primary N) is 1. The number of rotatable bonds is 8. The van der Waals surface area contributed by atoms with E-state index >= 15 is 0 Å². The van der Waals surface area contributed by atoms with E-state index in [1.807, 2.05) is 101 Å². The van der Waals surface area contributed by atoms with Gasteiger partial charge in [-0.15, -0.1) is 0 Å². The molecule has 11 N–H and O–H groups in total. The lowest BCUT2D eigenvalue weighted by Crippen LogP contribution is -2.34. The van der Waals surface area contributed by atoms with Crippen molar-refractivity contribution in [2.45, 2.75) is 70.5 Å². The van der Waals surface area contributed by atoms with Crippen molar-refractivity contribution >= 4 is 114 Å². The van der Waals surface area contributed by atoms with Crippen molar-refractivity contribution in [1.82, 2.24) is 114 Å². The highest BCUT2D eigenvalue weighted by Gasteiger charge is 2.37. The second-order valence-electron chi connectivity index (χ2n) is 24.1. The average Bonchev–Trinajstić information content (AvgIpc) is 1.69. The number of nitrogen functional groups attached to an aromatic ring is 1. The number of halogens is 4. The number of aromatic nitrogens is 21. The molecule has 0 radical (unpaired) electrons. The van der Waals surface area contributed by atoms with Crippen LogP contribution in [0.1, 0.15) is 85.8 Å². The summed E-state index contributed by atoms with van der Waals surface area (Å²) in [4.78, 5) is 126. The molecule has 15 aromatic rings. The van der Waals surface area contributed by atoms with Crippen LogP contribution in [-0.2, 0) is 0 Å². The van der Waals surface area contributed by atoms with E-state index in [4.69, 9.17) is 62.3 Å². The van der Waals surface area contributed by atoms with Gasteiger partial charge in [0.25, 0.3) is 33.4 Å². The first-order valence-corrected chi connectivity index (χ1v) is 33.9. The lowest BCUT2D eigenvalue weighted by Gasteiger charge is -2.28. The molecule has 0 saturated carbocycles. The Labute approximate surface area is 610 Å². The van der Waals surface area contributed by atoms with E-state index in [0.29, 0.717) is 109 Å². The molecule has 0 spiro atoms. The van der Waals surface area contributed by atoms with Crippen LogP contribution in [0.25, 0.3) is 66.7 Å². The molecule has 3 aliphatic rings. The molecule has 3 atom stereocenters. The summed E-state index contributed by atoms with van der Waals surface area (Å²) in [5.74, 6) is 3.62. The summed E-state index contributed by atoms with van der Waals surface area (Å²) >= 11 is 24.6. The minimum Gasteiger partial charge on any atom is -0.412 e. The molecule has 3 aliphatic heterocycles. The fourth-order valence-electron chi connectivity index (χ4n) is 13.3. The molecule has 0 amide bonds. The van der Waals surface area contributed by atoms with Gasteiger partial charge in [-0.25, -0.2) is 48.4 Å². The predicted molar refractivity (Wildman–Crippen MR) is 397 cm³/mol. The Kier molecular flexibility index (Phi) is 20.2. The highest BCUT2D eigenvalue weighted by atomic mass is 35.5. The van der Waals surface area contributed by atoms with Gasteiger partial charge in [0.05, 0.1) is 69.2 Å². The van der Waals surface area contributed by atoms with Gasteiger partial charge < -0.3 is 47.4 Å². The molecule has 0 unspecified atom stereocenters. The normalized spacial score (nSPS) is 15.5. The van der Waals surface area contributed by atoms with E-state index in [9.17, 15) is 28.8 Å². The number of para-hydroxylation sites is 3. The number of fused-ring (bicyclic) bond motifs is 6. The summed E-state index contributed by atoms with van der Waals surface area (Å²) < 4.78 is 9.44. The lowest BCUT2D eigenvalue weighted by molar-refractivity contribution is 0.560. The molecule has 33 nitrogen and oxygen atoms in total. The van der Waals surface area contributed by atoms with Crippen LogP contribution in [0.3, 0.4) is 0 Å². The monoisotopic (exact) mass is 1490 g/mol. The summed E-state index contributed by atoms with van der Waals surface area (Å²) in [5, 5.41) is 19.7. The maximum Gasteiger partial charge on any atom is 0.284 e. The number of hydrogen-bond acceptors (Lipinski definition) is 23. The van der Waals surface area contributed by atoms with Gasteiger partial charge in [0.2, 0.25) is 5.95 Å². The molecular formula is C68H62Cl4N26O7. The first-order valence-electron chi connectivity index (χ1n) is 32.4. The molecule has 534 valence electrons. The Balaban J connectivity index is 0.000000130. The minimum absolute atomic E-state index is 0. The number of nitrogens with zero attached hydrogens (tertiary/aromatic N) is 20.